The molecule has 1 saturated heterocycles. The number of nitrogens with zero attached hydrogens (tertiary/aromatic N) is 1. The van der Waals surface area contributed by atoms with Crippen LogP contribution in [0.25, 0.3) is 11.1 Å². The Kier molecular flexibility index (Phi) is 7.12. The first-order valence-corrected chi connectivity index (χ1v) is 13.6. The highest BCUT2D eigenvalue weighted by atomic mass is 16.5. The van der Waals surface area contributed by atoms with Crippen LogP contribution >= 0.6 is 0 Å². The van der Waals surface area contributed by atoms with E-state index in [1.54, 1.807) is 17.0 Å². The second-order valence-corrected chi connectivity index (χ2v) is 11.2. The molecule has 2 aliphatic heterocycles. The quantitative estimate of drug-likeness (QED) is 0.388. The zero-order chi connectivity index (χ0) is 27.1. The Morgan fingerprint density at radius 2 is 1.79 bits per heavy atom. The summed E-state index contributed by atoms with van der Waals surface area (Å²) in [6.07, 6.45) is 3.56. The fourth-order valence-electron chi connectivity index (χ4n) is 5.72. The highest BCUT2D eigenvalue weighted by Gasteiger charge is 2.41. The van der Waals surface area contributed by atoms with Crippen molar-refractivity contribution in [3.8, 4) is 16.9 Å². The topological polar surface area (TPSA) is 90.0 Å². The van der Waals surface area contributed by atoms with Crippen LogP contribution in [-0.4, -0.2) is 47.0 Å². The van der Waals surface area contributed by atoms with Gasteiger partial charge < -0.3 is 14.4 Å². The van der Waals surface area contributed by atoms with E-state index >= 15 is 0 Å². The third-order valence-electron chi connectivity index (χ3n) is 8.39. The van der Waals surface area contributed by atoms with E-state index in [0.29, 0.717) is 30.8 Å². The lowest BCUT2D eigenvalue weighted by atomic mass is 9.86. The van der Waals surface area contributed by atoms with Crippen molar-refractivity contribution in [1.82, 2.24) is 4.90 Å². The molecule has 3 aliphatic rings. The summed E-state index contributed by atoms with van der Waals surface area (Å²) in [6, 6.07) is 8.63. The van der Waals surface area contributed by atoms with E-state index in [4.69, 9.17) is 9.47 Å². The minimum absolute atomic E-state index is 0.0378. The van der Waals surface area contributed by atoms with Gasteiger partial charge in [-0.2, -0.15) is 0 Å². The molecule has 0 radical (unpaired) electrons. The smallest absolute Gasteiger partial charge is 0.329 e. The van der Waals surface area contributed by atoms with Gasteiger partial charge in [-0.05, 0) is 73.4 Å². The van der Waals surface area contributed by atoms with Crippen LogP contribution in [0.5, 0.6) is 5.75 Å². The number of Topliss-reactive ketones (excluding diaryl/α,β-unsaturated/α-hetero) is 2. The van der Waals surface area contributed by atoms with Gasteiger partial charge in [0, 0.05) is 35.1 Å². The molecular weight excluding hydrogens is 482 g/mol. The van der Waals surface area contributed by atoms with Crippen LogP contribution in [0.2, 0.25) is 0 Å². The number of carbonyl (C=O) groups is 4. The van der Waals surface area contributed by atoms with Gasteiger partial charge in [-0.25, -0.2) is 4.79 Å². The van der Waals surface area contributed by atoms with Crippen molar-refractivity contribution in [3.63, 3.8) is 0 Å². The van der Waals surface area contributed by atoms with Gasteiger partial charge in [-0.15, -0.1) is 0 Å². The lowest BCUT2D eigenvalue weighted by Crippen LogP contribution is -2.47. The molecule has 0 N–H and O–H groups in total. The lowest BCUT2D eigenvalue weighted by molar-refractivity contribution is -0.155. The second-order valence-electron chi connectivity index (χ2n) is 11.2. The van der Waals surface area contributed by atoms with Gasteiger partial charge in [-0.1, -0.05) is 32.9 Å². The molecule has 0 bridgehead atoms. The van der Waals surface area contributed by atoms with Crippen LogP contribution < -0.4 is 4.74 Å². The van der Waals surface area contributed by atoms with E-state index in [1.165, 1.54) is 0 Å². The third kappa shape index (κ3) is 4.74. The van der Waals surface area contributed by atoms with Crippen LogP contribution in [0.1, 0.15) is 85.2 Å². The van der Waals surface area contributed by atoms with Crippen LogP contribution in [0.4, 0.5) is 0 Å². The summed E-state index contributed by atoms with van der Waals surface area (Å²) < 4.78 is 11.4. The number of ketones is 2. The molecule has 1 amide bonds. The zero-order valence-corrected chi connectivity index (χ0v) is 22.5. The molecule has 0 unspecified atom stereocenters. The van der Waals surface area contributed by atoms with Crippen molar-refractivity contribution in [1.29, 1.82) is 0 Å². The Hall–Kier alpha value is -3.48. The predicted octanol–water partition coefficient (Wildman–Crippen LogP) is 5.16. The van der Waals surface area contributed by atoms with Crippen molar-refractivity contribution in [2.75, 3.05) is 6.61 Å². The number of ether oxygens (including phenoxy) is 2. The fourth-order valence-corrected chi connectivity index (χ4v) is 5.72. The molecule has 1 fully saturated rings. The number of amides is 1. The lowest BCUT2D eigenvalue weighted by Gasteiger charge is -2.31. The van der Waals surface area contributed by atoms with Crippen molar-refractivity contribution in [2.24, 2.45) is 11.8 Å². The number of fused-ring (bicyclic) bond motifs is 4. The molecule has 0 spiro atoms. The molecule has 200 valence electrons. The number of hydrogen-bond donors (Lipinski definition) is 0. The van der Waals surface area contributed by atoms with E-state index in [1.807, 2.05) is 45.9 Å². The van der Waals surface area contributed by atoms with Gasteiger partial charge in [0.15, 0.2) is 18.2 Å². The number of benzene rings is 2. The second kappa shape index (κ2) is 10.4. The highest BCUT2D eigenvalue weighted by Crippen LogP contribution is 2.41. The van der Waals surface area contributed by atoms with Crippen molar-refractivity contribution in [3.05, 3.63) is 52.6 Å². The molecule has 0 aromatic heterocycles. The summed E-state index contributed by atoms with van der Waals surface area (Å²) >= 11 is 0. The third-order valence-corrected chi connectivity index (χ3v) is 8.39. The molecule has 2 aromatic carbocycles. The Balaban J connectivity index is 1.27. The molecule has 2 aromatic rings. The van der Waals surface area contributed by atoms with Crippen molar-refractivity contribution >= 4 is 23.4 Å². The van der Waals surface area contributed by atoms with Crippen LogP contribution in [0, 0.1) is 11.8 Å². The Morgan fingerprint density at radius 3 is 2.55 bits per heavy atom. The van der Waals surface area contributed by atoms with Gasteiger partial charge in [0.1, 0.15) is 18.4 Å². The van der Waals surface area contributed by atoms with Crippen LogP contribution in [0.15, 0.2) is 30.3 Å². The first-order chi connectivity index (χ1) is 18.2. The number of esters is 1. The maximum Gasteiger partial charge on any atom is 0.329 e. The monoisotopic (exact) mass is 517 g/mol. The van der Waals surface area contributed by atoms with E-state index in [0.717, 1.165) is 47.1 Å². The van der Waals surface area contributed by atoms with Gasteiger partial charge in [0.2, 0.25) is 5.91 Å². The summed E-state index contributed by atoms with van der Waals surface area (Å²) in [5.41, 5.74) is 5.02. The minimum atomic E-state index is -0.655. The summed E-state index contributed by atoms with van der Waals surface area (Å²) in [6.45, 7) is 7.73. The maximum atomic E-state index is 13.0. The first kappa shape index (κ1) is 26.1. The normalized spacial score (nSPS) is 20.8. The first-order valence-electron chi connectivity index (χ1n) is 13.6. The molecule has 5 rings (SSSR count). The number of likely N-dealkylation sites (tertiary alicyclic amines) is 1. The molecular formula is C31H35NO6. The van der Waals surface area contributed by atoms with Crippen LogP contribution in [0.3, 0.4) is 0 Å². The Labute approximate surface area is 223 Å². The Bertz CT molecular complexity index is 1310. The predicted molar refractivity (Wildman–Crippen MR) is 142 cm³/mol. The van der Waals surface area contributed by atoms with Crippen LogP contribution in [-0.2, 0) is 27.4 Å². The summed E-state index contributed by atoms with van der Waals surface area (Å²) in [7, 11) is 0. The molecule has 0 saturated carbocycles. The SMILES string of the molecule is CC(C)[C@H](C)C(=O)N1[C@@H](C)CC[C@H]1C(=O)OCC(=O)c1ccc2c(c1)COc1cc3c(cc1-2)CCCC3=O. The number of rotatable bonds is 6. The Morgan fingerprint density at radius 1 is 1.00 bits per heavy atom. The average Bonchev–Trinajstić information content (AvgIpc) is 3.30. The summed E-state index contributed by atoms with van der Waals surface area (Å²) in [5.74, 6) is -0.0466. The van der Waals surface area contributed by atoms with E-state index in [2.05, 4.69) is 0 Å². The minimum Gasteiger partial charge on any atom is -0.488 e. The molecule has 38 heavy (non-hydrogen) atoms. The number of carbonyl (C=O) groups excluding carboxylic acids is 4. The summed E-state index contributed by atoms with van der Waals surface area (Å²) in [4.78, 5) is 52.9. The number of aryl methyl sites for hydroxylation is 1. The largest absolute Gasteiger partial charge is 0.488 e. The van der Waals surface area contributed by atoms with Crippen molar-refractivity contribution < 1.29 is 28.7 Å². The average molecular weight is 518 g/mol. The summed E-state index contributed by atoms with van der Waals surface area (Å²) in [5, 5.41) is 0. The zero-order valence-electron chi connectivity index (χ0n) is 22.5. The standard InChI is InChI=1S/C31H35NO6/c1-17(2)19(4)30(35)32-18(3)8-11-26(32)31(36)38-16-28(34)21-9-10-23-22(12-21)15-37-29-14-24-20(13-25(23)29)6-5-7-27(24)33/h9-10,12-14,17-19,26H,5-8,11,15-16H2,1-4H3/t18-,19-,26-/m0/s1. The van der Waals surface area contributed by atoms with Crippen molar-refractivity contribution in [2.45, 2.75) is 78.5 Å². The highest BCUT2D eigenvalue weighted by molar-refractivity contribution is 6.01. The molecule has 7 nitrogen and oxygen atoms in total. The number of hydrogen-bond acceptors (Lipinski definition) is 6. The van der Waals surface area contributed by atoms with Gasteiger partial charge in [0.05, 0.1) is 0 Å². The molecule has 3 atom stereocenters. The maximum absolute atomic E-state index is 13.0. The van der Waals surface area contributed by atoms with E-state index in [-0.39, 0.29) is 42.0 Å². The van der Waals surface area contributed by atoms with Gasteiger partial charge in [0.25, 0.3) is 0 Å². The van der Waals surface area contributed by atoms with Gasteiger partial charge in [-0.3, -0.25) is 14.4 Å². The molecule has 1 aliphatic carbocycles. The van der Waals surface area contributed by atoms with E-state index in [9.17, 15) is 19.2 Å². The molecule has 7 heteroatoms. The van der Waals surface area contributed by atoms with E-state index < -0.39 is 12.0 Å². The fraction of sp³-hybridized carbons (Fsp3) is 0.484. The molecule has 2 heterocycles. The van der Waals surface area contributed by atoms with Gasteiger partial charge >= 0.3 is 5.97 Å².